The summed E-state index contributed by atoms with van der Waals surface area (Å²) >= 11 is 0. The summed E-state index contributed by atoms with van der Waals surface area (Å²) in [6.07, 6.45) is 18.3. The third-order valence-corrected chi connectivity index (χ3v) is 5.60. The molecule has 2 aliphatic carbocycles. The fraction of sp³-hybridized carbons (Fsp3) is 0.233. The number of aromatic nitrogens is 2. The van der Waals surface area contributed by atoms with E-state index in [9.17, 15) is 24.0 Å². The Morgan fingerprint density at radius 2 is 1.32 bits per heavy atom. The molecule has 11 heteroatoms. The fourth-order valence-electron chi connectivity index (χ4n) is 3.78. The van der Waals surface area contributed by atoms with Crippen LogP contribution in [0.2, 0.25) is 0 Å². The Hall–Kier alpha value is -3.17. The summed E-state index contributed by atoms with van der Waals surface area (Å²) < 4.78 is 11.4. The number of nitrogens with zero attached hydrogens (tertiary/aromatic N) is 3. The molecular weight excluding hydrogens is 570 g/mol. The topological polar surface area (TPSA) is 117 Å². The van der Waals surface area contributed by atoms with Crippen molar-refractivity contribution >= 4 is 23.5 Å². The Kier molecular flexibility index (Phi) is 14.6. The third-order valence-electron chi connectivity index (χ3n) is 5.60. The predicted molar refractivity (Wildman–Crippen MR) is 148 cm³/mol. The van der Waals surface area contributed by atoms with Crippen LogP contribution in [-0.2, 0) is 49.2 Å². The average Bonchev–Trinajstić information content (AvgIpc) is 3.70. The maximum Gasteiger partial charge on any atom is 2.00 e. The van der Waals surface area contributed by atoms with Crippen LogP contribution >= 0.6 is 0 Å². The van der Waals surface area contributed by atoms with Crippen molar-refractivity contribution < 1.29 is 40.9 Å². The monoisotopic (exact) mass is 601 g/mol. The van der Waals surface area contributed by atoms with Gasteiger partial charge in [0, 0.05) is 24.2 Å². The number of esters is 2. The van der Waals surface area contributed by atoms with Crippen LogP contribution in [0.15, 0.2) is 46.1 Å². The van der Waals surface area contributed by atoms with Crippen molar-refractivity contribution in [1.29, 1.82) is 0 Å². The van der Waals surface area contributed by atoms with E-state index in [2.05, 4.69) is 0 Å². The van der Waals surface area contributed by atoms with Gasteiger partial charge in [-0.05, 0) is 83.8 Å². The summed E-state index contributed by atoms with van der Waals surface area (Å²) in [4.78, 5) is 65.4. The van der Waals surface area contributed by atoms with Crippen molar-refractivity contribution in [3.8, 4) is 0 Å². The third kappa shape index (κ3) is 10.0. The second-order valence-electron chi connectivity index (χ2n) is 8.44. The summed E-state index contributed by atoms with van der Waals surface area (Å²) in [6, 6.07) is 8.34. The van der Waals surface area contributed by atoms with Crippen molar-refractivity contribution in [2.45, 2.75) is 26.9 Å². The van der Waals surface area contributed by atoms with Gasteiger partial charge in [-0.1, -0.05) is 18.2 Å². The maximum atomic E-state index is 13.5. The van der Waals surface area contributed by atoms with Crippen LogP contribution < -0.4 is 16.1 Å². The molecule has 1 aromatic carbocycles. The summed E-state index contributed by atoms with van der Waals surface area (Å²) in [6.45, 7) is 2.20. The number of carbonyl (C=O) groups excluding carboxylic acids is 3. The minimum atomic E-state index is -0.903. The smallest absolute Gasteiger partial charge is 0.465 e. The van der Waals surface area contributed by atoms with Crippen molar-refractivity contribution in [2.24, 2.45) is 0 Å². The first-order valence-electron chi connectivity index (χ1n) is 12.7. The average molecular weight is 601 g/mol. The normalized spacial score (nSPS) is 14.4. The molecule has 0 spiro atoms. The largest absolute Gasteiger partial charge is 2.00 e. The van der Waals surface area contributed by atoms with Gasteiger partial charge in [0.25, 0.3) is 11.5 Å². The molecule has 10 nitrogen and oxygen atoms in total. The molecule has 0 bridgehead atoms. The Morgan fingerprint density at radius 3 is 1.85 bits per heavy atom. The molecule has 0 N–H and O–H groups in total. The second-order valence-corrected chi connectivity index (χ2v) is 8.44. The SMILES string of the molecule is CCOC(=O)Cn1cc(N(C[C]2[CH][CH][CH][CH]2)C(=O)c2ccccc2)c(=O)n(CC(=O)OCC)c1=O.[CH]1[CH][CH][CH][CH]1.[Fe+2]. The molecule has 1 heterocycles. The Morgan fingerprint density at radius 1 is 0.780 bits per heavy atom. The van der Waals surface area contributed by atoms with Crippen LogP contribution in [0.1, 0.15) is 24.2 Å². The van der Waals surface area contributed by atoms with E-state index in [-0.39, 0.29) is 42.5 Å². The van der Waals surface area contributed by atoms with Crippen molar-refractivity contribution in [2.75, 3.05) is 24.7 Å². The van der Waals surface area contributed by atoms with Crippen LogP contribution in [0.4, 0.5) is 5.69 Å². The summed E-state index contributed by atoms with van der Waals surface area (Å²) in [5.74, 6) is -1.26. The molecule has 1 amide bonds. The quantitative estimate of drug-likeness (QED) is 0.303. The molecule has 1 aromatic heterocycles. The molecule has 2 saturated carbocycles. The number of ether oxygens (including phenoxy) is 2. The Labute approximate surface area is 251 Å². The van der Waals surface area contributed by atoms with Crippen molar-refractivity contribution in [3.63, 3.8) is 0 Å². The van der Waals surface area contributed by atoms with E-state index < -0.39 is 42.2 Å². The van der Waals surface area contributed by atoms with E-state index in [1.807, 2.05) is 32.1 Å². The van der Waals surface area contributed by atoms with Gasteiger partial charge in [-0.15, -0.1) is 0 Å². The van der Waals surface area contributed by atoms with Gasteiger partial charge in [-0.3, -0.25) is 23.7 Å². The van der Waals surface area contributed by atoms with Gasteiger partial charge in [-0.2, -0.15) is 0 Å². The minimum absolute atomic E-state index is 0. The second kappa shape index (κ2) is 17.6. The molecule has 10 radical (unpaired) electrons. The number of hydrogen-bond donors (Lipinski definition) is 0. The summed E-state index contributed by atoms with van der Waals surface area (Å²) in [7, 11) is 0. The van der Waals surface area contributed by atoms with Crippen molar-refractivity contribution in [3.05, 3.63) is 127 Å². The fourth-order valence-corrected chi connectivity index (χ4v) is 3.78. The molecule has 2 fully saturated rings. The standard InChI is InChI=1S/C25H26N3O7.C5H5.Fe/c1-3-34-21(29)16-26-15-20(24(32)28(25(26)33)17-22(30)35-4-2)27(14-18-10-8-9-11-18)23(31)19-12-6-5-7-13-19;1-2-4-5-3-1;/h5-13,15H,3-4,14,16-17H2,1-2H3;1-5H;/q;;+2. The first kappa shape index (κ1) is 34.0. The molecule has 41 heavy (non-hydrogen) atoms. The van der Waals surface area contributed by atoms with Gasteiger partial charge >= 0.3 is 34.7 Å². The Bertz CT molecular complexity index is 1240. The number of rotatable bonds is 10. The molecule has 0 atom stereocenters. The van der Waals surface area contributed by atoms with Crippen LogP contribution in [0.25, 0.3) is 0 Å². The first-order chi connectivity index (χ1) is 19.3. The molecular formula is C30H31FeN3O7+2. The molecule has 0 aliphatic heterocycles. The zero-order valence-electron chi connectivity index (χ0n) is 22.7. The molecule has 0 unspecified atom stereocenters. The summed E-state index contributed by atoms with van der Waals surface area (Å²) in [5.41, 5.74) is -1.62. The van der Waals surface area contributed by atoms with Crippen LogP contribution in [0, 0.1) is 63.7 Å². The Balaban J connectivity index is 0.000000883. The molecule has 2 aliphatic rings. The molecule has 4 rings (SSSR count). The van der Waals surface area contributed by atoms with E-state index >= 15 is 0 Å². The van der Waals surface area contributed by atoms with E-state index in [4.69, 9.17) is 9.47 Å². The predicted octanol–water partition coefficient (Wildman–Crippen LogP) is 2.21. The summed E-state index contributed by atoms with van der Waals surface area (Å²) in [5, 5.41) is 0. The van der Waals surface area contributed by atoms with Gasteiger partial charge in [0.15, 0.2) is 0 Å². The first-order valence-corrected chi connectivity index (χ1v) is 12.7. The van der Waals surface area contributed by atoms with Crippen molar-refractivity contribution in [1.82, 2.24) is 9.13 Å². The maximum absolute atomic E-state index is 13.5. The van der Waals surface area contributed by atoms with Crippen LogP contribution in [0.5, 0.6) is 0 Å². The van der Waals surface area contributed by atoms with Crippen LogP contribution in [-0.4, -0.2) is 46.7 Å². The number of carbonyl (C=O) groups is 3. The van der Waals surface area contributed by atoms with Gasteiger partial charge in [-0.25, -0.2) is 9.36 Å². The number of hydrogen-bond acceptors (Lipinski definition) is 7. The van der Waals surface area contributed by atoms with Gasteiger partial charge in [0.1, 0.15) is 18.8 Å². The van der Waals surface area contributed by atoms with Crippen LogP contribution in [0.3, 0.4) is 0 Å². The van der Waals surface area contributed by atoms with E-state index in [1.54, 1.807) is 69.9 Å². The zero-order chi connectivity index (χ0) is 28.9. The van der Waals surface area contributed by atoms with E-state index in [0.717, 1.165) is 16.7 Å². The number of amides is 1. The molecule has 214 valence electrons. The molecule has 2 aromatic rings. The van der Waals surface area contributed by atoms with E-state index in [1.165, 1.54) is 4.90 Å². The van der Waals surface area contributed by atoms with Gasteiger partial charge in [0.05, 0.1) is 13.2 Å². The zero-order valence-corrected chi connectivity index (χ0v) is 23.9. The number of benzene rings is 1. The minimum Gasteiger partial charge on any atom is -0.465 e. The van der Waals surface area contributed by atoms with Gasteiger partial charge < -0.3 is 14.4 Å². The number of anilines is 1. The van der Waals surface area contributed by atoms with Gasteiger partial charge in [0.2, 0.25) is 0 Å². The molecule has 0 saturated heterocycles. The van der Waals surface area contributed by atoms with E-state index in [0.29, 0.717) is 10.1 Å².